The molecule has 0 aromatic heterocycles. The summed E-state index contributed by atoms with van der Waals surface area (Å²) in [6.45, 7) is 3.72. The van der Waals surface area contributed by atoms with Gasteiger partial charge in [0.15, 0.2) is 11.5 Å². The quantitative estimate of drug-likeness (QED) is 0.903. The Balaban J connectivity index is 1.93. The van der Waals surface area contributed by atoms with Crippen LogP contribution in [0.4, 0.5) is 0 Å². The molecule has 1 aromatic rings. The number of hydrogen-bond donors (Lipinski definition) is 1. The van der Waals surface area contributed by atoms with Crippen molar-refractivity contribution >= 4 is 10.0 Å². The van der Waals surface area contributed by atoms with Crippen LogP contribution in [-0.2, 0) is 10.0 Å². The summed E-state index contributed by atoms with van der Waals surface area (Å²) >= 11 is 0. The molecule has 0 bridgehead atoms. The van der Waals surface area contributed by atoms with Crippen molar-refractivity contribution in [2.45, 2.75) is 30.7 Å². The van der Waals surface area contributed by atoms with E-state index in [1.807, 2.05) is 6.92 Å². The van der Waals surface area contributed by atoms with Crippen molar-refractivity contribution in [2.75, 3.05) is 26.3 Å². The second kappa shape index (κ2) is 6.06. The van der Waals surface area contributed by atoms with Crippen LogP contribution in [0, 0.1) is 5.92 Å². The smallest absolute Gasteiger partial charge is 0.246 e. The number of para-hydroxylation sites is 1. The highest BCUT2D eigenvalue weighted by atomic mass is 32.2. The van der Waals surface area contributed by atoms with Gasteiger partial charge in [-0.25, -0.2) is 8.42 Å². The van der Waals surface area contributed by atoms with Gasteiger partial charge in [0.05, 0.1) is 0 Å². The van der Waals surface area contributed by atoms with Crippen LogP contribution in [0.5, 0.6) is 11.5 Å². The van der Waals surface area contributed by atoms with Gasteiger partial charge in [-0.1, -0.05) is 6.07 Å². The van der Waals surface area contributed by atoms with Crippen LogP contribution in [0.25, 0.3) is 0 Å². The van der Waals surface area contributed by atoms with Crippen LogP contribution in [0.2, 0.25) is 0 Å². The van der Waals surface area contributed by atoms with E-state index in [-0.39, 0.29) is 16.9 Å². The standard InChI is InChI=1S/C15H22N2O4S/c1-11(16)12-4-3-7-17(10-12)22(18,19)14-6-2-5-13-15(14)21-9-8-20-13/h2,5-6,11-12H,3-4,7-10,16H2,1H3. The van der Waals surface area contributed by atoms with E-state index in [0.717, 1.165) is 12.8 Å². The molecule has 7 heteroatoms. The Morgan fingerprint density at radius 1 is 1.32 bits per heavy atom. The minimum atomic E-state index is -3.60. The highest BCUT2D eigenvalue weighted by Gasteiger charge is 2.34. The Kier molecular flexibility index (Phi) is 4.29. The second-order valence-electron chi connectivity index (χ2n) is 5.90. The number of nitrogens with zero attached hydrogens (tertiary/aromatic N) is 1. The molecule has 1 saturated heterocycles. The SMILES string of the molecule is CC(N)C1CCCN(S(=O)(=O)c2cccc3c2OCCO3)C1. The zero-order valence-corrected chi connectivity index (χ0v) is 13.5. The maximum Gasteiger partial charge on any atom is 0.246 e. The predicted molar refractivity (Wildman–Crippen MR) is 82.6 cm³/mol. The van der Waals surface area contributed by atoms with E-state index in [9.17, 15) is 8.42 Å². The molecule has 0 spiro atoms. The fraction of sp³-hybridized carbons (Fsp3) is 0.600. The fourth-order valence-corrected chi connectivity index (χ4v) is 4.69. The van der Waals surface area contributed by atoms with Crippen molar-refractivity contribution in [1.29, 1.82) is 0 Å². The van der Waals surface area contributed by atoms with Crippen LogP contribution in [-0.4, -0.2) is 45.1 Å². The molecule has 2 atom stereocenters. The second-order valence-corrected chi connectivity index (χ2v) is 7.81. The lowest BCUT2D eigenvalue weighted by Gasteiger charge is -2.34. The van der Waals surface area contributed by atoms with Gasteiger partial charge in [-0.05, 0) is 37.8 Å². The molecular formula is C15H22N2O4S. The van der Waals surface area contributed by atoms with Gasteiger partial charge in [0.1, 0.15) is 18.1 Å². The normalized spacial score (nSPS) is 24.0. The summed E-state index contributed by atoms with van der Waals surface area (Å²) in [5.41, 5.74) is 5.96. The zero-order valence-electron chi connectivity index (χ0n) is 12.7. The number of sulfonamides is 1. The molecule has 6 nitrogen and oxygen atoms in total. The third-order valence-electron chi connectivity index (χ3n) is 4.31. The molecule has 0 saturated carbocycles. The summed E-state index contributed by atoms with van der Waals surface area (Å²) in [5.74, 6) is 1.02. The number of hydrogen-bond acceptors (Lipinski definition) is 5. The molecule has 1 fully saturated rings. The van der Waals surface area contributed by atoms with E-state index >= 15 is 0 Å². The van der Waals surface area contributed by atoms with E-state index < -0.39 is 10.0 Å². The van der Waals surface area contributed by atoms with Crippen molar-refractivity contribution in [1.82, 2.24) is 4.31 Å². The monoisotopic (exact) mass is 326 g/mol. The Hall–Kier alpha value is -1.31. The Bertz CT molecular complexity index is 645. The van der Waals surface area contributed by atoms with Gasteiger partial charge in [0.2, 0.25) is 10.0 Å². The first-order chi connectivity index (χ1) is 10.5. The van der Waals surface area contributed by atoms with E-state index in [1.165, 1.54) is 4.31 Å². The van der Waals surface area contributed by atoms with E-state index in [0.29, 0.717) is 37.8 Å². The summed E-state index contributed by atoms with van der Waals surface area (Å²) in [6.07, 6.45) is 1.80. The number of nitrogens with two attached hydrogens (primary N) is 1. The molecule has 0 radical (unpaired) electrons. The minimum Gasteiger partial charge on any atom is -0.486 e. The third-order valence-corrected chi connectivity index (χ3v) is 6.20. The molecule has 2 N–H and O–H groups in total. The maximum atomic E-state index is 13.0. The third kappa shape index (κ3) is 2.80. The molecule has 22 heavy (non-hydrogen) atoms. The molecule has 1 aromatic carbocycles. The molecule has 0 aliphatic carbocycles. The lowest BCUT2D eigenvalue weighted by Crippen LogP contribution is -2.45. The van der Waals surface area contributed by atoms with Gasteiger partial charge in [0.25, 0.3) is 0 Å². The molecule has 3 rings (SSSR count). The molecule has 0 amide bonds. The molecular weight excluding hydrogens is 304 g/mol. The number of ether oxygens (including phenoxy) is 2. The lowest BCUT2D eigenvalue weighted by atomic mass is 9.93. The van der Waals surface area contributed by atoms with Crippen molar-refractivity contribution in [2.24, 2.45) is 11.7 Å². The van der Waals surface area contributed by atoms with Crippen molar-refractivity contribution in [3.8, 4) is 11.5 Å². The molecule has 122 valence electrons. The Morgan fingerprint density at radius 3 is 2.86 bits per heavy atom. The summed E-state index contributed by atoms with van der Waals surface area (Å²) in [6, 6.07) is 4.99. The van der Waals surface area contributed by atoms with Gasteiger partial charge in [-0.15, -0.1) is 0 Å². The number of piperidine rings is 1. The molecule has 2 aliphatic heterocycles. The zero-order chi connectivity index (χ0) is 15.7. The average molecular weight is 326 g/mol. The molecule has 2 unspecified atom stereocenters. The fourth-order valence-electron chi connectivity index (χ4n) is 3.01. The summed E-state index contributed by atoms with van der Waals surface area (Å²) < 4.78 is 38.5. The summed E-state index contributed by atoms with van der Waals surface area (Å²) in [4.78, 5) is 0.190. The first-order valence-corrected chi connectivity index (χ1v) is 9.08. The minimum absolute atomic E-state index is 0.0118. The first-order valence-electron chi connectivity index (χ1n) is 7.64. The predicted octanol–water partition coefficient (Wildman–Crippen LogP) is 1.21. The molecule has 2 heterocycles. The van der Waals surface area contributed by atoms with Crippen LogP contribution in [0.1, 0.15) is 19.8 Å². The van der Waals surface area contributed by atoms with E-state index in [2.05, 4.69) is 0 Å². The summed E-state index contributed by atoms with van der Waals surface area (Å²) in [5, 5.41) is 0. The first kappa shape index (κ1) is 15.6. The number of fused-ring (bicyclic) bond motifs is 1. The summed E-state index contributed by atoms with van der Waals surface area (Å²) in [7, 11) is -3.60. The lowest BCUT2D eigenvalue weighted by molar-refractivity contribution is 0.166. The van der Waals surface area contributed by atoms with Crippen molar-refractivity contribution in [3.63, 3.8) is 0 Å². The van der Waals surface area contributed by atoms with E-state index in [1.54, 1.807) is 18.2 Å². The van der Waals surface area contributed by atoms with Gasteiger partial charge in [-0.3, -0.25) is 0 Å². The number of rotatable bonds is 3. The highest BCUT2D eigenvalue weighted by Crippen LogP contribution is 2.38. The van der Waals surface area contributed by atoms with Gasteiger partial charge in [-0.2, -0.15) is 4.31 Å². The topological polar surface area (TPSA) is 81.9 Å². The molecule has 2 aliphatic rings. The highest BCUT2D eigenvalue weighted by molar-refractivity contribution is 7.89. The van der Waals surface area contributed by atoms with Crippen molar-refractivity contribution < 1.29 is 17.9 Å². The van der Waals surface area contributed by atoms with Crippen LogP contribution in [0.15, 0.2) is 23.1 Å². The largest absolute Gasteiger partial charge is 0.486 e. The van der Waals surface area contributed by atoms with Gasteiger partial charge >= 0.3 is 0 Å². The maximum absolute atomic E-state index is 13.0. The van der Waals surface area contributed by atoms with Crippen LogP contribution >= 0.6 is 0 Å². The average Bonchev–Trinajstić information content (AvgIpc) is 2.54. The van der Waals surface area contributed by atoms with E-state index in [4.69, 9.17) is 15.2 Å². The van der Waals surface area contributed by atoms with Gasteiger partial charge in [0, 0.05) is 19.1 Å². The Morgan fingerprint density at radius 2 is 2.09 bits per heavy atom. The van der Waals surface area contributed by atoms with Crippen LogP contribution < -0.4 is 15.2 Å². The van der Waals surface area contributed by atoms with Crippen molar-refractivity contribution in [3.05, 3.63) is 18.2 Å². The van der Waals surface area contributed by atoms with Crippen LogP contribution in [0.3, 0.4) is 0 Å². The van der Waals surface area contributed by atoms with Gasteiger partial charge < -0.3 is 15.2 Å². The number of benzene rings is 1. The Labute approximate surface area is 131 Å².